The topological polar surface area (TPSA) is 60.2 Å². The van der Waals surface area contributed by atoms with Gasteiger partial charge in [-0.1, -0.05) is 26.2 Å². The smallest absolute Gasteiger partial charge is 0.150 e. The normalized spacial score (nSPS) is 27.6. The molecule has 2 atom stereocenters. The predicted molar refractivity (Wildman–Crippen MR) is 68.1 cm³/mol. The van der Waals surface area contributed by atoms with Crippen molar-refractivity contribution < 1.29 is 8.42 Å². The highest BCUT2D eigenvalue weighted by atomic mass is 32.2. The number of sulfone groups is 1. The van der Waals surface area contributed by atoms with Crippen molar-refractivity contribution in [2.45, 2.75) is 57.9 Å². The largest absolute Gasteiger partial charge is 0.327 e. The van der Waals surface area contributed by atoms with Gasteiger partial charge in [0.05, 0.1) is 5.75 Å². The van der Waals surface area contributed by atoms with Gasteiger partial charge in [-0.05, 0) is 31.6 Å². The summed E-state index contributed by atoms with van der Waals surface area (Å²) in [5.41, 5.74) is 6.11. The lowest BCUT2D eigenvalue weighted by Gasteiger charge is -2.20. The predicted octanol–water partition coefficient (Wildman–Crippen LogP) is 2.11. The fraction of sp³-hybridized carbons (Fsp3) is 1.00. The van der Waals surface area contributed by atoms with Gasteiger partial charge in [-0.25, -0.2) is 8.42 Å². The first-order chi connectivity index (χ1) is 7.55. The molecule has 0 aromatic heterocycles. The molecule has 0 heterocycles. The Morgan fingerprint density at radius 1 is 1.19 bits per heavy atom. The van der Waals surface area contributed by atoms with Crippen molar-refractivity contribution in [2.75, 3.05) is 11.5 Å². The molecule has 2 N–H and O–H groups in total. The van der Waals surface area contributed by atoms with E-state index in [-0.39, 0.29) is 5.75 Å². The van der Waals surface area contributed by atoms with E-state index in [4.69, 9.17) is 5.73 Å². The Labute approximate surface area is 99.7 Å². The number of rotatable bonds is 5. The minimum absolute atomic E-state index is 0.268. The van der Waals surface area contributed by atoms with Crippen LogP contribution in [0.2, 0.25) is 0 Å². The van der Waals surface area contributed by atoms with Gasteiger partial charge >= 0.3 is 0 Å². The number of hydrogen-bond acceptors (Lipinski definition) is 3. The van der Waals surface area contributed by atoms with E-state index in [0.29, 0.717) is 17.7 Å². The Bertz CT molecular complexity index is 287. The molecule has 2 unspecified atom stereocenters. The quantitative estimate of drug-likeness (QED) is 0.757. The maximum atomic E-state index is 11.4. The van der Waals surface area contributed by atoms with E-state index in [1.807, 2.05) is 0 Å². The molecule has 0 saturated heterocycles. The molecule has 0 aromatic carbocycles. The lowest BCUT2D eigenvalue weighted by Crippen LogP contribution is -2.29. The Hall–Kier alpha value is -0.0900. The van der Waals surface area contributed by atoms with Crippen LogP contribution < -0.4 is 5.73 Å². The van der Waals surface area contributed by atoms with Crippen LogP contribution in [0.25, 0.3) is 0 Å². The summed E-state index contributed by atoms with van der Waals surface area (Å²) < 4.78 is 22.7. The van der Waals surface area contributed by atoms with E-state index in [1.54, 1.807) is 6.92 Å². The van der Waals surface area contributed by atoms with Crippen molar-refractivity contribution in [3.63, 3.8) is 0 Å². The summed E-state index contributed by atoms with van der Waals surface area (Å²) in [5.74, 6) is 1.16. The zero-order chi connectivity index (χ0) is 12.0. The summed E-state index contributed by atoms with van der Waals surface area (Å²) >= 11 is 0. The minimum Gasteiger partial charge on any atom is -0.327 e. The van der Waals surface area contributed by atoms with Gasteiger partial charge in [0.2, 0.25) is 0 Å². The van der Waals surface area contributed by atoms with Gasteiger partial charge in [-0.2, -0.15) is 0 Å². The fourth-order valence-electron chi connectivity index (χ4n) is 2.48. The van der Waals surface area contributed by atoms with Gasteiger partial charge in [0.25, 0.3) is 0 Å². The van der Waals surface area contributed by atoms with E-state index in [0.717, 1.165) is 19.3 Å². The lowest BCUT2D eigenvalue weighted by atomic mass is 9.91. The molecule has 4 heteroatoms. The highest BCUT2D eigenvalue weighted by Gasteiger charge is 2.20. The third kappa shape index (κ3) is 4.83. The van der Waals surface area contributed by atoms with Crippen LogP contribution in [-0.4, -0.2) is 26.0 Å². The molecular weight excluding hydrogens is 222 g/mol. The van der Waals surface area contributed by atoms with Gasteiger partial charge in [0.15, 0.2) is 0 Å². The third-order valence-electron chi connectivity index (χ3n) is 3.69. The first kappa shape index (κ1) is 14.0. The zero-order valence-electron chi connectivity index (χ0n) is 10.3. The summed E-state index contributed by atoms with van der Waals surface area (Å²) in [7, 11) is -2.79. The van der Waals surface area contributed by atoms with Crippen molar-refractivity contribution in [2.24, 2.45) is 11.7 Å². The van der Waals surface area contributed by atoms with E-state index >= 15 is 0 Å². The molecule has 1 fully saturated rings. The molecule has 3 nitrogen and oxygen atoms in total. The molecule has 16 heavy (non-hydrogen) atoms. The molecular formula is C12H25NO2S. The molecule has 0 spiro atoms. The Kier molecular flexibility index (Phi) is 5.76. The summed E-state index contributed by atoms with van der Waals surface area (Å²) in [6, 6.07) is 0.298. The second-order valence-corrected chi connectivity index (χ2v) is 7.41. The van der Waals surface area contributed by atoms with Gasteiger partial charge in [-0.3, -0.25) is 0 Å². The monoisotopic (exact) mass is 247 g/mol. The summed E-state index contributed by atoms with van der Waals surface area (Å²) in [6.45, 7) is 1.71. The van der Waals surface area contributed by atoms with E-state index < -0.39 is 9.84 Å². The van der Waals surface area contributed by atoms with Crippen LogP contribution in [-0.2, 0) is 9.84 Å². The minimum atomic E-state index is -2.79. The first-order valence-corrected chi connectivity index (χ1v) is 8.33. The second kappa shape index (κ2) is 6.60. The van der Waals surface area contributed by atoms with Crippen LogP contribution >= 0.6 is 0 Å². The van der Waals surface area contributed by atoms with Gasteiger partial charge in [0.1, 0.15) is 9.84 Å². The van der Waals surface area contributed by atoms with Gasteiger partial charge < -0.3 is 5.73 Å². The SMILES string of the molecule is CCS(=O)(=O)CCCC1CCCCCC1N. The third-order valence-corrected chi connectivity index (χ3v) is 5.48. The van der Waals surface area contributed by atoms with Gasteiger partial charge in [0, 0.05) is 11.8 Å². The molecule has 0 aromatic rings. The number of nitrogens with two attached hydrogens (primary N) is 1. The lowest BCUT2D eigenvalue weighted by molar-refractivity contribution is 0.369. The zero-order valence-corrected chi connectivity index (χ0v) is 11.1. The fourth-order valence-corrected chi connectivity index (χ4v) is 3.38. The Morgan fingerprint density at radius 2 is 1.88 bits per heavy atom. The number of hydrogen-bond donors (Lipinski definition) is 1. The van der Waals surface area contributed by atoms with Crippen LogP contribution in [0.15, 0.2) is 0 Å². The second-order valence-electron chi connectivity index (χ2n) is 4.94. The van der Waals surface area contributed by atoms with E-state index in [9.17, 15) is 8.42 Å². The van der Waals surface area contributed by atoms with Crippen LogP contribution in [0, 0.1) is 5.92 Å². The van der Waals surface area contributed by atoms with Crippen molar-refractivity contribution in [1.82, 2.24) is 0 Å². The van der Waals surface area contributed by atoms with Gasteiger partial charge in [-0.15, -0.1) is 0 Å². The van der Waals surface area contributed by atoms with Crippen molar-refractivity contribution in [3.8, 4) is 0 Å². The molecule has 1 aliphatic rings. The molecule has 0 bridgehead atoms. The Balaban J connectivity index is 2.30. The van der Waals surface area contributed by atoms with E-state index in [1.165, 1.54) is 25.7 Å². The van der Waals surface area contributed by atoms with Crippen LogP contribution in [0.3, 0.4) is 0 Å². The maximum absolute atomic E-state index is 11.4. The summed E-state index contributed by atoms with van der Waals surface area (Å²) in [6.07, 6.45) is 7.87. The molecule has 96 valence electrons. The highest BCUT2D eigenvalue weighted by molar-refractivity contribution is 7.91. The average Bonchev–Trinajstić information content (AvgIpc) is 2.44. The summed E-state index contributed by atoms with van der Waals surface area (Å²) in [4.78, 5) is 0. The molecule has 0 radical (unpaired) electrons. The molecule has 1 aliphatic carbocycles. The van der Waals surface area contributed by atoms with Crippen molar-refractivity contribution >= 4 is 9.84 Å². The standard InChI is InChI=1S/C12H25NO2S/c1-2-16(14,15)10-6-8-11-7-4-3-5-9-12(11)13/h11-12H,2-10,13H2,1H3. The molecule has 0 aliphatic heterocycles. The van der Waals surface area contributed by atoms with Crippen LogP contribution in [0.4, 0.5) is 0 Å². The highest BCUT2D eigenvalue weighted by Crippen LogP contribution is 2.25. The average molecular weight is 247 g/mol. The molecule has 1 rings (SSSR count). The Morgan fingerprint density at radius 3 is 2.56 bits per heavy atom. The van der Waals surface area contributed by atoms with E-state index in [2.05, 4.69) is 0 Å². The molecule has 0 amide bonds. The van der Waals surface area contributed by atoms with Crippen molar-refractivity contribution in [3.05, 3.63) is 0 Å². The van der Waals surface area contributed by atoms with Crippen LogP contribution in [0.1, 0.15) is 51.9 Å². The molecule has 1 saturated carbocycles. The summed E-state index contributed by atoms with van der Waals surface area (Å²) in [5, 5.41) is 0. The first-order valence-electron chi connectivity index (χ1n) is 6.51. The maximum Gasteiger partial charge on any atom is 0.150 e. The van der Waals surface area contributed by atoms with Crippen LogP contribution in [0.5, 0.6) is 0 Å². The van der Waals surface area contributed by atoms with Crippen molar-refractivity contribution in [1.29, 1.82) is 0 Å².